The fourth-order valence-electron chi connectivity index (χ4n) is 2.16. The van der Waals surface area contributed by atoms with Crippen LogP contribution >= 0.6 is 0 Å². The summed E-state index contributed by atoms with van der Waals surface area (Å²) in [4.78, 5) is 23.5. The Morgan fingerprint density at radius 3 is 2.71 bits per heavy atom. The van der Waals surface area contributed by atoms with Gasteiger partial charge in [0.05, 0.1) is 0 Å². The largest absolute Gasteiger partial charge is 0.480 e. The van der Waals surface area contributed by atoms with Crippen LogP contribution in [0.4, 0.5) is 4.39 Å². The van der Waals surface area contributed by atoms with Crippen LogP contribution in [0.5, 0.6) is 0 Å². The number of hydrogen-bond donors (Lipinski definition) is 1. The van der Waals surface area contributed by atoms with Gasteiger partial charge in [-0.1, -0.05) is 12.1 Å². The molecule has 0 bridgehead atoms. The van der Waals surface area contributed by atoms with Crippen LogP contribution in [-0.4, -0.2) is 34.5 Å². The Balaban J connectivity index is 2.24. The maximum absolute atomic E-state index is 13.0. The van der Waals surface area contributed by atoms with Crippen LogP contribution in [0, 0.1) is 5.82 Å². The van der Waals surface area contributed by atoms with E-state index in [0.29, 0.717) is 12.1 Å². The third-order valence-corrected chi connectivity index (χ3v) is 3.04. The van der Waals surface area contributed by atoms with Crippen molar-refractivity contribution in [2.24, 2.45) is 0 Å². The van der Waals surface area contributed by atoms with E-state index >= 15 is 0 Å². The van der Waals surface area contributed by atoms with Crippen molar-refractivity contribution in [2.45, 2.75) is 18.9 Å². The average molecular weight is 237 g/mol. The Hall–Kier alpha value is -1.91. The number of amides is 1. The zero-order valence-electron chi connectivity index (χ0n) is 9.26. The van der Waals surface area contributed by atoms with Gasteiger partial charge >= 0.3 is 5.97 Å². The molecule has 90 valence electrons. The number of likely N-dealkylation sites (tertiary alicyclic amines) is 1. The summed E-state index contributed by atoms with van der Waals surface area (Å²) < 4.78 is 13.0. The molecule has 2 atom stereocenters. The first kappa shape index (κ1) is 11.6. The van der Waals surface area contributed by atoms with E-state index in [1.807, 2.05) is 0 Å². The van der Waals surface area contributed by atoms with Gasteiger partial charge in [0.2, 0.25) is 5.91 Å². The number of nitrogens with zero attached hydrogens (tertiary/aromatic N) is 1. The first-order valence-electron chi connectivity index (χ1n) is 5.26. The number of rotatable bonds is 2. The molecule has 0 unspecified atom stereocenters. The summed E-state index contributed by atoms with van der Waals surface area (Å²) >= 11 is 0. The molecular formula is C12H12FNO3. The Morgan fingerprint density at radius 1 is 1.47 bits per heavy atom. The van der Waals surface area contributed by atoms with Gasteiger partial charge < -0.3 is 10.0 Å². The van der Waals surface area contributed by atoms with Crippen molar-refractivity contribution >= 4 is 11.9 Å². The molecule has 1 aliphatic rings. The number of hydrogen-bond acceptors (Lipinski definition) is 2. The second kappa shape index (κ2) is 4.16. The SMILES string of the molecule is CC(=O)N1C[C@H](c2cccc(F)c2)[C@H]1C(=O)O. The minimum Gasteiger partial charge on any atom is -0.480 e. The third-order valence-electron chi connectivity index (χ3n) is 3.04. The maximum Gasteiger partial charge on any atom is 0.327 e. The Labute approximate surface area is 97.7 Å². The standard InChI is InChI=1S/C12H12FNO3/c1-7(15)14-6-10(11(14)12(16)17)8-3-2-4-9(13)5-8/h2-5,10-11H,6H2,1H3,(H,16,17)/t10-,11+/m1/s1. The first-order valence-corrected chi connectivity index (χ1v) is 5.26. The van der Waals surface area contributed by atoms with Crippen LogP contribution in [-0.2, 0) is 9.59 Å². The number of carboxylic acid groups (broad SMARTS) is 1. The molecule has 2 rings (SSSR count). The number of aliphatic carboxylic acids is 1. The predicted octanol–water partition coefficient (Wildman–Crippen LogP) is 1.22. The van der Waals surface area contributed by atoms with Crippen LogP contribution < -0.4 is 0 Å². The average Bonchev–Trinajstić information content (AvgIpc) is 2.14. The van der Waals surface area contributed by atoms with Crippen molar-refractivity contribution < 1.29 is 19.1 Å². The normalized spacial score (nSPS) is 23.1. The van der Waals surface area contributed by atoms with E-state index < -0.39 is 17.8 Å². The molecule has 1 heterocycles. The van der Waals surface area contributed by atoms with Crippen LogP contribution in [0.1, 0.15) is 18.4 Å². The molecule has 0 aromatic heterocycles. The van der Waals surface area contributed by atoms with Crippen LogP contribution in [0.2, 0.25) is 0 Å². The van der Waals surface area contributed by atoms with E-state index in [2.05, 4.69) is 0 Å². The third kappa shape index (κ3) is 2.00. The highest BCUT2D eigenvalue weighted by Crippen LogP contribution is 2.34. The minimum atomic E-state index is -1.05. The molecule has 4 nitrogen and oxygen atoms in total. The summed E-state index contributed by atoms with van der Waals surface area (Å²) in [6.45, 7) is 1.66. The van der Waals surface area contributed by atoms with Crippen molar-refractivity contribution in [1.29, 1.82) is 0 Å². The summed E-state index contributed by atoms with van der Waals surface area (Å²) in [6, 6.07) is 4.97. The summed E-state index contributed by atoms with van der Waals surface area (Å²) in [6.07, 6.45) is 0. The molecule has 1 aromatic carbocycles. The second-order valence-corrected chi connectivity index (χ2v) is 4.12. The summed E-state index contributed by atoms with van der Waals surface area (Å²) in [5.74, 6) is -2.05. The molecule has 1 aliphatic heterocycles. The fourth-order valence-corrected chi connectivity index (χ4v) is 2.16. The fraction of sp³-hybridized carbons (Fsp3) is 0.333. The molecular weight excluding hydrogens is 225 g/mol. The lowest BCUT2D eigenvalue weighted by Crippen LogP contribution is -2.60. The zero-order valence-corrected chi connectivity index (χ0v) is 9.26. The number of benzene rings is 1. The number of halogens is 1. The van der Waals surface area contributed by atoms with E-state index in [9.17, 15) is 14.0 Å². The van der Waals surface area contributed by atoms with Gasteiger partial charge in [0.1, 0.15) is 11.9 Å². The number of carboxylic acids is 1. The Morgan fingerprint density at radius 2 is 2.18 bits per heavy atom. The van der Waals surface area contributed by atoms with Gasteiger partial charge in [-0.3, -0.25) is 4.79 Å². The highest BCUT2D eigenvalue weighted by Gasteiger charge is 2.46. The van der Waals surface area contributed by atoms with E-state index in [4.69, 9.17) is 5.11 Å². The predicted molar refractivity (Wildman–Crippen MR) is 58.0 cm³/mol. The van der Waals surface area contributed by atoms with Crippen molar-refractivity contribution in [3.05, 3.63) is 35.6 Å². The number of carbonyl (C=O) groups excluding carboxylic acids is 1. The van der Waals surface area contributed by atoms with Gasteiger partial charge in [0, 0.05) is 19.4 Å². The number of carbonyl (C=O) groups is 2. The molecule has 1 amide bonds. The van der Waals surface area contributed by atoms with Gasteiger partial charge in [-0.15, -0.1) is 0 Å². The Bertz CT molecular complexity index is 475. The molecule has 1 fully saturated rings. The lowest BCUT2D eigenvalue weighted by Gasteiger charge is -2.45. The summed E-state index contributed by atoms with van der Waals surface area (Å²) in [5.41, 5.74) is 0.620. The smallest absolute Gasteiger partial charge is 0.327 e. The molecule has 0 radical (unpaired) electrons. The first-order chi connectivity index (χ1) is 8.00. The van der Waals surface area contributed by atoms with Crippen LogP contribution in [0.15, 0.2) is 24.3 Å². The van der Waals surface area contributed by atoms with E-state index in [1.165, 1.54) is 24.0 Å². The highest BCUT2D eigenvalue weighted by atomic mass is 19.1. The molecule has 0 saturated carbocycles. The van der Waals surface area contributed by atoms with Crippen molar-refractivity contribution in [1.82, 2.24) is 4.90 Å². The van der Waals surface area contributed by atoms with Gasteiger partial charge in [0.25, 0.3) is 0 Å². The van der Waals surface area contributed by atoms with E-state index in [-0.39, 0.29) is 11.8 Å². The highest BCUT2D eigenvalue weighted by molar-refractivity contribution is 5.85. The lowest BCUT2D eigenvalue weighted by atomic mass is 9.82. The minimum absolute atomic E-state index is 0.273. The molecule has 1 aromatic rings. The molecule has 1 saturated heterocycles. The van der Waals surface area contributed by atoms with Gasteiger partial charge in [-0.05, 0) is 17.7 Å². The van der Waals surface area contributed by atoms with Gasteiger partial charge in [-0.25, -0.2) is 9.18 Å². The second-order valence-electron chi connectivity index (χ2n) is 4.12. The van der Waals surface area contributed by atoms with Gasteiger partial charge in [-0.2, -0.15) is 0 Å². The van der Waals surface area contributed by atoms with E-state index in [1.54, 1.807) is 12.1 Å². The van der Waals surface area contributed by atoms with Crippen LogP contribution in [0.25, 0.3) is 0 Å². The van der Waals surface area contributed by atoms with Gasteiger partial charge in [0.15, 0.2) is 0 Å². The van der Waals surface area contributed by atoms with Crippen molar-refractivity contribution in [3.63, 3.8) is 0 Å². The van der Waals surface area contributed by atoms with Crippen LogP contribution in [0.3, 0.4) is 0 Å². The monoisotopic (exact) mass is 237 g/mol. The topological polar surface area (TPSA) is 57.6 Å². The Kier molecular flexibility index (Phi) is 2.83. The molecule has 17 heavy (non-hydrogen) atoms. The molecule has 0 aliphatic carbocycles. The molecule has 5 heteroatoms. The zero-order chi connectivity index (χ0) is 12.6. The molecule has 0 spiro atoms. The quantitative estimate of drug-likeness (QED) is 0.841. The summed E-state index contributed by atoms with van der Waals surface area (Å²) in [7, 11) is 0. The van der Waals surface area contributed by atoms with E-state index in [0.717, 1.165) is 0 Å². The van der Waals surface area contributed by atoms with Crippen molar-refractivity contribution in [3.8, 4) is 0 Å². The summed E-state index contributed by atoms with van der Waals surface area (Å²) in [5, 5.41) is 9.07. The lowest BCUT2D eigenvalue weighted by molar-refractivity contribution is -0.158. The van der Waals surface area contributed by atoms with Crippen molar-refractivity contribution in [2.75, 3.05) is 6.54 Å². The molecule has 1 N–H and O–H groups in total. The maximum atomic E-state index is 13.0.